The van der Waals surface area contributed by atoms with Gasteiger partial charge in [0.05, 0.1) is 6.42 Å². The fourth-order valence-corrected chi connectivity index (χ4v) is 1.60. The van der Waals surface area contributed by atoms with E-state index in [1.165, 1.54) is 6.33 Å². The predicted octanol–water partition coefficient (Wildman–Crippen LogP) is 1.47. The lowest BCUT2D eigenvalue weighted by atomic mass is 10.1. The third-order valence-electron chi connectivity index (χ3n) is 2.39. The molecule has 0 radical (unpaired) electrons. The van der Waals surface area contributed by atoms with E-state index in [2.05, 4.69) is 23.9 Å². The summed E-state index contributed by atoms with van der Waals surface area (Å²) in [7, 11) is 1.64. The van der Waals surface area contributed by atoms with Gasteiger partial charge >= 0.3 is 0 Å². The molecule has 0 bridgehead atoms. The number of ether oxygens (including phenoxy) is 1. The number of carbonyl (C=O) groups excluding carboxylic acids is 1. The van der Waals surface area contributed by atoms with Gasteiger partial charge in [0.2, 0.25) is 0 Å². The van der Waals surface area contributed by atoms with E-state index in [1.54, 1.807) is 7.11 Å². The molecular formula is C12H21N3O2. The molecule has 1 heterocycles. The maximum Gasteiger partial charge on any atom is 0.140 e. The summed E-state index contributed by atoms with van der Waals surface area (Å²) in [5.41, 5.74) is 0. The Kier molecular flexibility index (Phi) is 5.83. The molecule has 0 amide bonds. The Hall–Kier alpha value is -1.23. The topological polar surface area (TPSA) is 57.0 Å². The van der Waals surface area contributed by atoms with Crippen molar-refractivity contribution in [3.63, 3.8) is 0 Å². The van der Waals surface area contributed by atoms with Gasteiger partial charge in [-0.05, 0) is 12.3 Å². The highest BCUT2D eigenvalue weighted by molar-refractivity contribution is 5.80. The van der Waals surface area contributed by atoms with Gasteiger partial charge < -0.3 is 4.74 Å². The van der Waals surface area contributed by atoms with E-state index in [0.29, 0.717) is 25.4 Å². The minimum atomic E-state index is 0.194. The molecule has 0 spiro atoms. The molecule has 0 aliphatic carbocycles. The van der Waals surface area contributed by atoms with E-state index in [9.17, 15) is 4.79 Å². The molecule has 17 heavy (non-hydrogen) atoms. The van der Waals surface area contributed by atoms with Crippen LogP contribution in [0.2, 0.25) is 0 Å². The van der Waals surface area contributed by atoms with Crippen molar-refractivity contribution < 1.29 is 9.53 Å². The van der Waals surface area contributed by atoms with Crippen molar-refractivity contribution >= 4 is 5.78 Å². The number of carbonyl (C=O) groups is 1. The van der Waals surface area contributed by atoms with Gasteiger partial charge in [-0.3, -0.25) is 4.79 Å². The van der Waals surface area contributed by atoms with Crippen LogP contribution in [-0.4, -0.2) is 34.3 Å². The maximum atomic E-state index is 11.7. The first-order chi connectivity index (χ1) is 8.13. The lowest BCUT2D eigenvalue weighted by Gasteiger charge is -2.07. The van der Waals surface area contributed by atoms with E-state index in [-0.39, 0.29) is 5.78 Å². The van der Waals surface area contributed by atoms with E-state index in [1.807, 2.05) is 4.68 Å². The van der Waals surface area contributed by atoms with E-state index >= 15 is 0 Å². The SMILES string of the molecule is COCCCC(=O)Cc1ncnn1CC(C)C. The summed E-state index contributed by atoms with van der Waals surface area (Å²) in [6.45, 7) is 5.67. The largest absolute Gasteiger partial charge is 0.385 e. The van der Waals surface area contributed by atoms with Crippen LogP contribution in [0.3, 0.4) is 0 Å². The Balaban J connectivity index is 2.44. The standard InChI is InChI=1S/C12H21N3O2/c1-10(2)8-15-12(13-9-14-15)7-11(16)5-4-6-17-3/h9-10H,4-8H2,1-3H3. The first-order valence-electron chi connectivity index (χ1n) is 6.00. The molecule has 96 valence electrons. The highest BCUT2D eigenvalue weighted by Gasteiger charge is 2.10. The summed E-state index contributed by atoms with van der Waals surface area (Å²) in [6.07, 6.45) is 3.20. The first kappa shape index (κ1) is 13.8. The molecule has 1 aromatic heterocycles. The number of hydrogen-bond donors (Lipinski definition) is 0. The van der Waals surface area contributed by atoms with Gasteiger partial charge in [0, 0.05) is 26.7 Å². The third-order valence-corrected chi connectivity index (χ3v) is 2.39. The van der Waals surface area contributed by atoms with Crippen molar-refractivity contribution in [3.05, 3.63) is 12.2 Å². The molecule has 0 N–H and O–H groups in total. The monoisotopic (exact) mass is 239 g/mol. The van der Waals surface area contributed by atoms with Crippen LogP contribution in [0.4, 0.5) is 0 Å². The van der Waals surface area contributed by atoms with Gasteiger partial charge in [-0.1, -0.05) is 13.8 Å². The van der Waals surface area contributed by atoms with Gasteiger partial charge in [-0.2, -0.15) is 5.10 Å². The van der Waals surface area contributed by atoms with Crippen molar-refractivity contribution in [2.24, 2.45) is 5.92 Å². The number of nitrogens with zero attached hydrogens (tertiary/aromatic N) is 3. The van der Waals surface area contributed by atoms with Crippen LogP contribution in [0.15, 0.2) is 6.33 Å². The molecule has 0 saturated heterocycles. The molecule has 0 aliphatic heterocycles. The molecule has 0 fully saturated rings. The molecule has 0 unspecified atom stereocenters. The molecule has 0 aromatic carbocycles. The summed E-state index contributed by atoms with van der Waals surface area (Å²) in [5.74, 6) is 1.46. The lowest BCUT2D eigenvalue weighted by Crippen LogP contribution is -2.14. The molecule has 0 aliphatic rings. The number of Topliss-reactive ketones (excluding diaryl/α,β-unsaturated/α-hetero) is 1. The molecule has 0 atom stereocenters. The van der Waals surface area contributed by atoms with Crippen molar-refractivity contribution in [1.29, 1.82) is 0 Å². The molecule has 5 nitrogen and oxygen atoms in total. The highest BCUT2D eigenvalue weighted by Crippen LogP contribution is 2.04. The second-order valence-corrected chi connectivity index (χ2v) is 4.56. The average Bonchev–Trinajstić information content (AvgIpc) is 2.65. The third kappa shape index (κ3) is 5.08. The van der Waals surface area contributed by atoms with Gasteiger partial charge in [0.1, 0.15) is 17.9 Å². The summed E-state index contributed by atoms with van der Waals surface area (Å²) in [6, 6.07) is 0. The first-order valence-corrected chi connectivity index (χ1v) is 6.00. The normalized spacial score (nSPS) is 11.1. The number of rotatable bonds is 8. The van der Waals surface area contributed by atoms with Crippen LogP contribution >= 0.6 is 0 Å². The summed E-state index contributed by atoms with van der Waals surface area (Å²) >= 11 is 0. The van der Waals surface area contributed by atoms with Crippen LogP contribution in [-0.2, 0) is 22.5 Å². The Labute approximate surface area is 102 Å². The quantitative estimate of drug-likeness (QED) is 0.645. The second-order valence-electron chi connectivity index (χ2n) is 4.56. The maximum absolute atomic E-state index is 11.7. The number of ketones is 1. The summed E-state index contributed by atoms with van der Waals surface area (Å²) in [5, 5.41) is 4.13. The second kappa shape index (κ2) is 7.17. The van der Waals surface area contributed by atoms with Crippen molar-refractivity contribution in [2.75, 3.05) is 13.7 Å². The van der Waals surface area contributed by atoms with E-state index in [0.717, 1.165) is 18.8 Å². The Bertz CT molecular complexity index is 347. The Morgan fingerprint density at radius 3 is 2.94 bits per heavy atom. The van der Waals surface area contributed by atoms with Crippen LogP contribution < -0.4 is 0 Å². The van der Waals surface area contributed by atoms with Gasteiger partial charge in [-0.15, -0.1) is 0 Å². The van der Waals surface area contributed by atoms with E-state index < -0.39 is 0 Å². The zero-order valence-electron chi connectivity index (χ0n) is 10.8. The molecular weight excluding hydrogens is 218 g/mol. The lowest BCUT2D eigenvalue weighted by molar-refractivity contribution is -0.118. The average molecular weight is 239 g/mol. The molecule has 1 rings (SSSR count). The van der Waals surface area contributed by atoms with E-state index in [4.69, 9.17) is 4.74 Å². The Morgan fingerprint density at radius 2 is 2.29 bits per heavy atom. The summed E-state index contributed by atoms with van der Waals surface area (Å²) in [4.78, 5) is 15.8. The molecule has 0 saturated carbocycles. The predicted molar refractivity (Wildman–Crippen MR) is 64.7 cm³/mol. The number of methoxy groups -OCH3 is 1. The molecule has 5 heteroatoms. The number of hydrogen-bond acceptors (Lipinski definition) is 4. The minimum Gasteiger partial charge on any atom is -0.385 e. The zero-order chi connectivity index (χ0) is 12.7. The fraction of sp³-hybridized carbons (Fsp3) is 0.750. The van der Waals surface area contributed by atoms with Crippen LogP contribution in [0.1, 0.15) is 32.5 Å². The van der Waals surface area contributed by atoms with Gasteiger partial charge in [-0.25, -0.2) is 9.67 Å². The number of aromatic nitrogens is 3. The van der Waals surface area contributed by atoms with Gasteiger partial charge in [0.25, 0.3) is 0 Å². The van der Waals surface area contributed by atoms with Crippen molar-refractivity contribution in [3.8, 4) is 0 Å². The van der Waals surface area contributed by atoms with Crippen molar-refractivity contribution in [2.45, 2.75) is 39.7 Å². The minimum absolute atomic E-state index is 0.194. The van der Waals surface area contributed by atoms with Gasteiger partial charge in [0.15, 0.2) is 0 Å². The highest BCUT2D eigenvalue weighted by atomic mass is 16.5. The van der Waals surface area contributed by atoms with Crippen LogP contribution in [0.25, 0.3) is 0 Å². The Morgan fingerprint density at radius 1 is 1.53 bits per heavy atom. The van der Waals surface area contributed by atoms with Crippen molar-refractivity contribution in [1.82, 2.24) is 14.8 Å². The fourth-order valence-electron chi connectivity index (χ4n) is 1.60. The molecule has 1 aromatic rings. The van der Waals surface area contributed by atoms with Crippen LogP contribution in [0, 0.1) is 5.92 Å². The summed E-state index contributed by atoms with van der Waals surface area (Å²) < 4.78 is 6.74. The van der Waals surface area contributed by atoms with Crippen LogP contribution in [0.5, 0.6) is 0 Å². The smallest absolute Gasteiger partial charge is 0.140 e. The zero-order valence-corrected chi connectivity index (χ0v) is 10.8.